The molecule has 246 valence electrons. The number of nitrogens with zero attached hydrogens (tertiary/aromatic N) is 5. The number of thioether (sulfide) groups is 1. The maximum absolute atomic E-state index is 13.8. The largest absolute Gasteiger partial charge is 0.459 e. The predicted octanol–water partition coefficient (Wildman–Crippen LogP) is 8.07. The molecule has 1 unspecified atom stereocenters. The molecule has 1 saturated carbocycles. The molecule has 2 heterocycles. The van der Waals surface area contributed by atoms with Crippen molar-refractivity contribution in [3.8, 4) is 11.4 Å². The number of aromatic nitrogens is 3. The second kappa shape index (κ2) is 14.1. The number of amidine groups is 1. The number of nitrogens with one attached hydrogen (secondary N) is 1. The summed E-state index contributed by atoms with van der Waals surface area (Å²) in [4.78, 5) is 36.9. The fourth-order valence-electron chi connectivity index (χ4n) is 5.57. The number of allylic oxidation sites excluding steroid dienone is 3. The number of carbonyl (C=O) groups excluding carboxylic acids is 2. The Balaban J connectivity index is 1.28. The van der Waals surface area contributed by atoms with Crippen molar-refractivity contribution in [2.24, 2.45) is 4.99 Å². The molecule has 2 fully saturated rings. The summed E-state index contributed by atoms with van der Waals surface area (Å²) >= 11 is 1.42. The third kappa shape index (κ3) is 8.26. The molecule has 0 bridgehead atoms. The molecule has 11 heteroatoms. The molecule has 0 radical (unpaired) electrons. The zero-order valence-electron chi connectivity index (χ0n) is 27.7. The molecule has 2 aromatic carbocycles. The summed E-state index contributed by atoms with van der Waals surface area (Å²) in [7, 11) is 0. The Kier molecular flexibility index (Phi) is 10.1. The van der Waals surface area contributed by atoms with E-state index in [1.807, 2.05) is 44.2 Å². The number of urea groups is 1. The van der Waals surface area contributed by atoms with Crippen LogP contribution >= 0.6 is 11.8 Å². The summed E-state index contributed by atoms with van der Waals surface area (Å²) in [5, 5.41) is 8.07. The van der Waals surface area contributed by atoms with Gasteiger partial charge in [-0.1, -0.05) is 50.4 Å². The quantitative estimate of drug-likeness (QED) is 0.263. The molecular formula is C36H41FN6O3S. The molecule has 1 aliphatic carbocycles. The van der Waals surface area contributed by atoms with Gasteiger partial charge in [-0.25, -0.2) is 14.5 Å². The lowest BCUT2D eigenvalue weighted by Crippen LogP contribution is -2.41. The molecule has 5 rings (SSSR count). The molecule has 3 aromatic rings. The number of amides is 3. The van der Waals surface area contributed by atoms with Crippen LogP contribution in [0.25, 0.3) is 11.3 Å². The van der Waals surface area contributed by atoms with Gasteiger partial charge >= 0.3 is 6.03 Å². The lowest BCUT2D eigenvalue weighted by Gasteiger charge is -2.30. The maximum atomic E-state index is 13.8. The van der Waals surface area contributed by atoms with Gasteiger partial charge in [-0.2, -0.15) is 9.38 Å². The number of hydrogen-bond donors (Lipinski definition) is 1. The zero-order chi connectivity index (χ0) is 33.9. The molecule has 47 heavy (non-hydrogen) atoms. The van der Waals surface area contributed by atoms with Crippen molar-refractivity contribution in [1.29, 1.82) is 0 Å². The predicted molar refractivity (Wildman–Crippen MR) is 187 cm³/mol. The second-order valence-electron chi connectivity index (χ2n) is 12.5. The summed E-state index contributed by atoms with van der Waals surface area (Å²) in [6.07, 6.45) is 7.09. The summed E-state index contributed by atoms with van der Waals surface area (Å²) in [6.45, 7) is 15.0. The Bertz CT molecular complexity index is 1770. The van der Waals surface area contributed by atoms with Crippen molar-refractivity contribution in [3.05, 3.63) is 95.6 Å². The molecular weight excluding hydrogens is 616 g/mol. The third-order valence-electron chi connectivity index (χ3n) is 7.83. The Morgan fingerprint density at radius 1 is 1.21 bits per heavy atom. The minimum absolute atomic E-state index is 0.0657. The Labute approximate surface area is 279 Å². The summed E-state index contributed by atoms with van der Waals surface area (Å²) in [5.74, 6) is -0.111. The molecule has 1 aromatic heterocycles. The van der Waals surface area contributed by atoms with Crippen molar-refractivity contribution in [1.82, 2.24) is 20.1 Å². The van der Waals surface area contributed by atoms with Crippen LogP contribution < -0.4 is 15.0 Å². The van der Waals surface area contributed by atoms with E-state index in [1.54, 1.807) is 40.2 Å². The van der Waals surface area contributed by atoms with Crippen LogP contribution in [0.15, 0.2) is 83.7 Å². The van der Waals surface area contributed by atoms with Gasteiger partial charge in [-0.3, -0.25) is 9.69 Å². The van der Waals surface area contributed by atoms with E-state index < -0.39 is 11.9 Å². The van der Waals surface area contributed by atoms with Crippen LogP contribution in [0.3, 0.4) is 0 Å². The smallest absolute Gasteiger partial charge is 0.343 e. The Morgan fingerprint density at radius 3 is 2.64 bits per heavy atom. The van der Waals surface area contributed by atoms with E-state index in [0.717, 1.165) is 39.2 Å². The minimum atomic E-state index is -1.77. The first-order chi connectivity index (χ1) is 22.3. The van der Waals surface area contributed by atoms with Gasteiger partial charge in [0.25, 0.3) is 0 Å². The number of ether oxygens (including phenoxy) is 1. The molecule has 3 amide bonds. The molecule has 1 N–H and O–H groups in total. The van der Waals surface area contributed by atoms with E-state index in [9.17, 15) is 14.0 Å². The van der Waals surface area contributed by atoms with Crippen LogP contribution in [0.5, 0.6) is 5.75 Å². The van der Waals surface area contributed by atoms with E-state index in [2.05, 4.69) is 40.8 Å². The number of aliphatic imine (C=N–C) groups is 1. The number of hydrogen-bond acceptors (Lipinski definition) is 6. The van der Waals surface area contributed by atoms with Gasteiger partial charge in [0, 0.05) is 37.6 Å². The fraction of sp³-hybridized carbons (Fsp3) is 0.361. The molecule has 2 aliphatic rings. The average molecular weight is 657 g/mol. The van der Waals surface area contributed by atoms with Crippen molar-refractivity contribution in [3.63, 3.8) is 0 Å². The highest BCUT2D eigenvalue weighted by molar-refractivity contribution is 8.14. The normalized spacial score (nSPS) is 19.3. The number of rotatable bonds is 8. The third-order valence-corrected chi connectivity index (χ3v) is 8.77. The maximum Gasteiger partial charge on any atom is 0.343 e. The Hall–Kier alpha value is -4.51. The van der Waals surface area contributed by atoms with E-state index in [1.165, 1.54) is 25.6 Å². The van der Waals surface area contributed by atoms with Gasteiger partial charge in [-0.05, 0) is 91.3 Å². The first kappa shape index (κ1) is 33.8. The number of aryl methyl sites for hydroxylation is 1. The molecule has 0 spiro atoms. The first-order valence-corrected chi connectivity index (χ1v) is 16.7. The van der Waals surface area contributed by atoms with Gasteiger partial charge in [0.2, 0.25) is 11.8 Å². The monoisotopic (exact) mass is 656 g/mol. The number of benzene rings is 2. The van der Waals surface area contributed by atoms with Crippen molar-refractivity contribution in [2.75, 3.05) is 10.7 Å². The topological polar surface area (TPSA) is 102 Å². The van der Waals surface area contributed by atoms with Crippen LogP contribution in [0.4, 0.5) is 14.9 Å². The van der Waals surface area contributed by atoms with E-state index >= 15 is 0 Å². The van der Waals surface area contributed by atoms with Gasteiger partial charge in [0.1, 0.15) is 12.1 Å². The van der Waals surface area contributed by atoms with Crippen LogP contribution in [0.1, 0.15) is 76.8 Å². The van der Waals surface area contributed by atoms with Crippen LogP contribution in [-0.4, -0.2) is 49.5 Å². The SMILES string of the molecule is C=C1CC(NC(=O)/N=C2\SCCC(=O)N2c2cc(C)ccc2C(C)C)C/C1=C/C(=C\C)c1ncn(-c2ccc(OC(C)(C)F)cc2)n1. The second-order valence-corrected chi connectivity index (χ2v) is 13.5. The van der Waals surface area contributed by atoms with E-state index in [4.69, 9.17) is 4.74 Å². The zero-order valence-corrected chi connectivity index (χ0v) is 28.5. The summed E-state index contributed by atoms with van der Waals surface area (Å²) in [6, 6.07) is 12.3. The standard InChI is InChI=1S/C36H41FN6O3S/c1-8-25(33-38-21-42(41-33)28-10-12-29(13-11-28)46-36(6,7)37)19-26-20-27(18-24(26)5)39-34(45)40-35-43(32(44)15-16-47-35)31-17-23(4)9-14-30(31)22(2)3/h8-14,17,19,21-22,27H,5,15-16,18,20H2,1-4,6-7H3,(H,39,45)/b25-8+,26-19-,40-35-. The highest BCUT2D eigenvalue weighted by atomic mass is 32.2. The summed E-state index contributed by atoms with van der Waals surface area (Å²) in [5.41, 5.74) is 6.33. The van der Waals surface area contributed by atoms with Crippen LogP contribution in [0.2, 0.25) is 0 Å². The van der Waals surface area contributed by atoms with E-state index in [0.29, 0.717) is 41.8 Å². The van der Waals surface area contributed by atoms with Crippen LogP contribution in [0, 0.1) is 6.92 Å². The lowest BCUT2D eigenvalue weighted by molar-refractivity contribution is -0.117. The number of carbonyl (C=O) groups is 2. The van der Waals surface area contributed by atoms with Gasteiger partial charge < -0.3 is 10.1 Å². The van der Waals surface area contributed by atoms with Crippen molar-refractivity contribution >= 4 is 40.1 Å². The van der Waals surface area contributed by atoms with Gasteiger partial charge in [0.15, 0.2) is 11.0 Å². The van der Waals surface area contributed by atoms with E-state index in [-0.39, 0.29) is 17.9 Å². The van der Waals surface area contributed by atoms with Crippen molar-refractivity contribution < 1.29 is 18.7 Å². The number of halogens is 1. The van der Waals surface area contributed by atoms with Gasteiger partial charge in [-0.15, -0.1) is 5.10 Å². The molecule has 9 nitrogen and oxygen atoms in total. The number of alkyl halides is 1. The Morgan fingerprint density at radius 2 is 1.96 bits per heavy atom. The lowest BCUT2D eigenvalue weighted by atomic mass is 9.98. The molecule has 1 saturated heterocycles. The highest BCUT2D eigenvalue weighted by Gasteiger charge is 2.31. The average Bonchev–Trinajstić information content (AvgIpc) is 3.61. The van der Waals surface area contributed by atoms with Gasteiger partial charge in [0.05, 0.1) is 11.4 Å². The number of anilines is 1. The fourth-order valence-corrected chi connectivity index (χ4v) is 6.50. The molecule has 1 atom stereocenters. The highest BCUT2D eigenvalue weighted by Crippen LogP contribution is 2.35. The summed E-state index contributed by atoms with van der Waals surface area (Å²) < 4.78 is 20.7. The molecule has 1 aliphatic heterocycles. The minimum Gasteiger partial charge on any atom is -0.459 e. The van der Waals surface area contributed by atoms with Crippen LogP contribution in [-0.2, 0) is 4.79 Å². The first-order valence-electron chi connectivity index (χ1n) is 15.7. The van der Waals surface area contributed by atoms with Crippen molar-refractivity contribution in [2.45, 2.75) is 78.6 Å².